The summed E-state index contributed by atoms with van der Waals surface area (Å²) in [4.78, 5) is 5.46. The molecule has 11 heavy (non-hydrogen) atoms. The van der Waals surface area contributed by atoms with Crippen LogP contribution in [0.15, 0.2) is 36.9 Å². The van der Waals surface area contributed by atoms with Gasteiger partial charge in [0.1, 0.15) is 5.69 Å². The molecule has 0 amide bonds. The van der Waals surface area contributed by atoms with E-state index in [0.29, 0.717) is 0 Å². The van der Waals surface area contributed by atoms with Gasteiger partial charge < -0.3 is 0 Å². The lowest BCUT2D eigenvalue weighted by Gasteiger charge is -1.94. The Morgan fingerprint density at radius 3 is 2.55 bits per heavy atom. The zero-order chi connectivity index (χ0) is 7.52. The topological polar surface area (TPSA) is 43.6 Å². The van der Waals surface area contributed by atoms with E-state index in [2.05, 4.69) is 15.2 Å². The molecule has 54 valence electrons. The fraction of sp³-hybridized carbons (Fsp3) is 0. The predicted octanol–water partition coefficient (Wildman–Crippen LogP) is 0.662. The number of hydrogen-bond donors (Lipinski definition) is 0. The normalized spacial score (nSPS) is 9.82. The average Bonchev–Trinajstić information content (AvgIpc) is 2.58. The lowest BCUT2D eigenvalue weighted by atomic mass is 10.4. The molecule has 0 aliphatic carbocycles. The van der Waals surface area contributed by atoms with Crippen molar-refractivity contribution in [3.8, 4) is 5.69 Å². The van der Waals surface area contributed by atoms with Gasteiger partial charge in [-0.05, 0) is 12.1 Å². The molecule has 2 aromatic rings. The summed E-state index contributed by atoms with van der Waals surface area (Å²) in [6.45, 7) is 0. The maximum Gasteiger partial charge on any atom is 0.104 e. The molecule has 0 aliphatic heterocycles. The summed E-state index contributed by atoms with van der Waals surface area (Å²) in [5.74, 6) is 0. The molecule has 2 heterocycles. The highest BCUT2D eigenvalue weighted by Gasteiger charge is 1.93. The molecular formula is C7H6N4. The molecule has 0 atom stereocenters. The Bertz CT molecular complexity index is 313. The number of rotatable bonds is 1. The van der Waals surface area contributed by atoms with Gasteiger partial charge in [-0.25, -0.2) is 0 Å². The number of nitrogens with zero attached hydrogens (tertiary/aromatic N) is 4. The minimum absolute atomic E-state index is 0.873. The summed E-state index contributed by atoms with van der Waals surface area (Å²) < 4.78 is 0. The Morgan fingerprint density at radius 1 is 1.09 bits per heavy atom. The minimum atomic E-state index is 0.873. The molecule has 4 nitrogen and oxygen atoms in total. The molecule has 0 fully saturated rings. The lowest BCUT2D eigenvalue weighted by molar-refractivity contribution is 0.748. The summed E-state index contributed by atoms with van der Waals surface area (Å²) in [6, 6.07) is 3.74. The lowest BCUT2D eigenvalue weighted by Crippen LogP contribution is -1.97. The van der Waals surface area contributed by atoms with E-state index in [1.807, 2.05) is 12.1 Å². The van der Waals surface area contributed by atoms with Gasteiger partial charge in [-0.15, -0.1) is 0 Å². The molecule has 4 heteroatoms. The Kier molecular flexibility index (Phi) is 1.37. The number of pyridine rings is 1. The van der Waals surface area contributed by atoms with Crippen molar-refractivity contribution in [3.05, 3.63) is 36.9 Å². The Morgan fingerprint density at radius 2 is 1.91 bits per heavy atom. The van der Waals surface area contributed by atoms with Gasteiger partial charge in [0.05, 0.1) is 18.6 Å². The van der Waals surface area contributed by atoms with Crippen LogP contribution in [0.3, 0.4) is 0 Å². The molecule has 0 radical (unpaired) electrons. The molecule has 0 spiro atoms. The number of aromatic nitrogens is 4. The summed E-state index contributed by atoms with van der Waals surface area (Å²) in [5.41, 5.74) is 0.873. The van der Waals surface area contributed by atoms with Gasteiger partial charge in [-0.1, -0.05) is 0 Å². The highest BCUT2D eigenvalue weighted by molar-refractivity contribution is 5.23. The molecule has 0 unspecified atom stereocenters. The first-order valence-corrected chi connectivity index (χ1v) is 3.23. The van der Waals surface area contributed by atoms with Crippen molar-refractivity contribution >= 4 is 0 Å². The van der Waals surface area contributed by atoms with Crippen LogP contribution in [0.25, 0.3) is 5.69 Å². The smallest absolute Gasteiger partial charge is 0.104 e. The van der Waals surface area contributed by atoms with Gasteiger partial charge in [-0.3, -0.25) is 4.98 Å². The zero-order valence-corrected chi connectivity index (χ0v) is 5.75. The summed E-state index contributed by atoms with van der Waals surface area (Å²) in [6.07, 6.45) is 6.69. The standard InChI is InChI=1S/C7H6N4/c1-2-7(6-8-3-1)11-9-4-5-10-11/h1-6H. The fourth-order valence-electron chi connectivity index (χ4n) is 0.821. The summed E-state index contributed by atoms with van der Waals surface area (Å²) >= 11 is 0. The quantitative estimate of drug-likeness (QED) is 0.593. The third-order valence-corrected chi connectivity index (χ3v) is 1.30. The molecule has 0 aliphatic rings. The van der Waals surface area contributed by atoms with Gasteiger partial charge >= 0.3 is 0 Å². The van der Waals surface area contributed by atoms with E-state index in [0.717, 1.165) is 5.69 Å². The summed E-state index contributed by atoms with van der Waals surface area (Å²) in [7, 11) is 0. The Labute approximate surface area is 63.5 Å². The maximum atomic E-state index is 3.95. The van der Waals surface area contributed by atoms with Crippen molar-refractivity contribution in [2.24, 2.45) is 0 Å². The van der Waals surface area contributed by atoms with Crippen molar-refractivity contribution < 1.29 is 0 Å². The van der Waals surface area contributed by atoms with Crippen LogP contribution in [-0.2, 0) is 0 Å². The van der Waals surface area contributed by atoms with E-state index in [4.69, 9.17) is 0 Å². The van der Waals surface area contributed by atoms with Crippen molar-refractivity contribution in [1.29, 1.82) is 0 Å². The van der Waals surface area contributed by atoms with Crippen LogP contribution in [0, 0.1) is 0 Å². The SMILES string of the molecule is c1cncc(-n2nccn2)c1. The van der Waals surface area contributed by atoms with Gasteiger partial charge in [0.2, 0.25) is 0 Å². The predicted molar refractivity (Wildman–Crippen MR) is 39.2 cm³/mol. The molecule has 0 N–H and O–H groups in total. The molecule has 0 saturated heterocycles. The molecule has 2 rings (SSSR count). The van der Waals surface area contributed by atoms with Gasteiger partial charge in [-0.2, -0.15) is 15.0 Å². The number of hydrogen-bond acceptors (Lipinski definition) is 3. The fourth-order valence-corrected chi connectivity index (χ4v) is 0.821. The van der Waals surface area contributed by atoms with E-state index in [1.165, 1.54) is 4.80 Å². The van der Waals surface area contributed by atoms with Crippen LogP contribution in [0.2, 0.25) is 0 Å². The molecule has 0 bridgehead atoms. The Hall–Kier alpha value is -1.71. The van der Waals surface area contributed by atoms with Crippen LogP contribution >= 0.6 is 0 Å². The maximum absolute atomic E-state index is 3.95. The monoisotopic (exact) mass is 146 g/mol. The van der Waals surface area contributed by atoms with Crippen LogP contribution in [0.1, 0.15) is 0 Å². The summed E-state index contributed by atoms with van der Waals surface area (Å²) in [5, 5.41) is 7.90. The second-order valence-corrected chi connectivity index (χ2v) is 2.03. The van der Waals surface area contributed by atoms with Crippen LogP contribution in [0.4, 0.5) is 0 Å². The van der Waals surface area contributed by atoms with Gasteiger partial charge in [0.15, 0.2) is 0 Å². The second-order valence-electron chi connectivity index (χ2n) is 2.03. The first-order valence-electron chi connectivity index (χ1n) is 3.23. The minimum Gasteiger partial charge on any atom is -0.262 e. The largest absolute Gasteiger partial charge is 0.262 e. The first-order chi connectivity index (χ1) is 5.47. The van der Waals surface area contributed by atoms with E-state index < -0.39 is 0 Å². The Balaban J connectivity index is 2.46. The first kappa shape index (κ1) is 6.03. The van der Waals surface area contributed by atoms with Crippen LogP contribution in [-0.4, -0.2) is 20.0 Å². The average molecular weight is 146 g/mol. The van der Waals surface area contributed by atoms with Crippen molar-refractivity contribution in [2.45, 2.75) is 0 Å². The van der Waals surface area contributed by atoms with Crippen molar-refractivity contribution in [1.82, 2.24) is 20.0 Å². The van der Waals surface area contributed by atoms with Crippen LogP contribution in [0.5, 0.6) is 0 Å². The van der Waals surface area contributed by atoms with Gasteiger partial charge in [0, 0.05) is 6.20 Å². The molecule has 0 saturated carbocycles. The molecule has 2 aromatic heterocycles. The molecule has 0 aromatic carbocycles. The highest BCUT2D eigenvalue weighted by atomic mass is 15.5. The third kappa shape index (κ3) is 1.10. The molecular weight excluding hydrogens is 140 g/mol. The highest BCUT2D eigenvalue weighted by Crippen LogP contribution is 1.98. The van der Waals surface area contributed by atoms with Crippen molar-refractivity contribution in [3.63, 3.8) is 0 Å². The van der Waals surface area contributed by atoms with Crippen LogP contribution < -0.4 is 0 Å². The van der Waals surface area contributed by atoms with E-state index in [1.54, 1.807) is 24.8 Å². The van der Waals surface area contributed by atoms with E-state index >= 15 is 0 Å². The van der Waals surface area contributed by atoms with Gasteiger partial charge in [0.25, 0.3) is 0 Å². The van der Waals surface area contributed by atoms with E-state index in [9.17, 15) is 0 Å². The second kappa shape index (κ2) is 2.49. The third-order valence-electron chi connectivity index (χ3n) is 1.30. The van der Waals surface area contributed by atoms with E-state index in [-0.39, 0.29) is 0 Å². The van der Waals surface area contributed by atoms with Crippen molar-refractivity contribution in [2.75, 3.05) is 0 Å². The zero-order valence-electron chi connectivity index (χ0n) is 5.75.